The summed E-state index contributed by atoms with van der Waals surface area (Å²) < 4.78 is 5.88. The first-order valence-corrected chi connectivity index (χ1v) is 8.94. The zero-order valence-electron chi connectivity index (χ0n) is 14.9. The van der Waals surface area contributed by atoms with E-state index in [1.54, 1.807) is 24.4 Å². The van der Waals surface area contributed by atoms with Gasteiger partial charge in [0, 0.05) is 56.6 Å². The predicted molar refractivity (Wildman–Crippen MR) is 97.0 cm³/mol. The average molecular weight is 353 g/mol. The Morgan fingerprint density at radius 3 is 2.54 bits per heavy atom. The van der Waals surface area contributed by atoms with Gasteiger partial charge in [0.1, 0.15) is 11.9 Å². The van der Waals surface area contributed by atoms with Crippen LogP contribution in [0.25, 0.3) is 0 Å². The lowest BCUT2D eigenvalue weighted by Gasteiger charge is -2.32. The molecule has 0 unspecified atom stereocenters. The number of hydrogen-bond acceptors (Lipinski definition) is 5. The lowest BCUT2D eigenvalue weighted by Crippen LogP contribution is -2.41. The number of nitrogens with zero attached hydrogens (tertiary/aromatic N) is 3. The van der Waals surface area contributed by atoms with Gasteiger partial charge < -0.3 is 9.64 Å². The summed E-state index contributed by atoms with van der Waals surface area (Å²) in [5.41, 5.74) is 0.660. The zero-order chi connectivity index (χ0) is 18.4. The number of carbonyl (C=O) groups is 2. The number of aryl methyl sites for hydroxylation is 1. The lowest BCUT2D eigenvalue weighted by molar-refractivity contribution is -0.132. The largest absolute Gasteiger partial charge is 0.474 e. The van der Waals surface area contributed by atoms with E-state index in [4.69, 9.17) is 4.74 Å². The quantitative estimate of drug-likeness (QED) is 0.747. The second kappa shape index (κ2) is 8.56. The summed E-state index contributed by atoms with van der Waals surface area (Å²) in [6.45, 7) is 3.12. The zero-order valence-corrected chi connectivity index (χ0v) is 14.9. The SMILES string of the molecule is Cc1nccc(OC2CCN(C(=O)CCC(=O)c3ccccc3)CC2)n1. The van der Waals surface area contributed by atoms with E-state index in [-0.39, 0.29) is 30.6 Å². The van der Waals surface area contributed by atoms with Crippen LogP contribution in [0.3, 0.4) is 0 Å². The van der Waals surface area contributed by atoms with Crippen molar-refractivity contribution in [1.29, 1.82) is 0 Å². The van der Waals surface area contributed by atoms with Crippen molar-refractivity contribution in [3.05, 3.63) is 54.0 Å². The molecule has 1 aromatic carbocycles. The van der Waals surface area contributed by atoms with E-state index in [1.807, 2.05) is 30.0 Å². The number of Topliss-reactive ketones (excluding diaryl/α,β-unsaturated/α-hetero) is 1. The number of hydrogen-bond donors (Lipinski definition) is 0. The first-order valence-electron chi connectivity index (χ1n) is 8.94. The van der Waals surface area contributed by atoms with Crippen LogP contribution in [0.2, 0.25) is 0 Å². The average Bonchev–Trinajstić information content (AvgIpc) is 2.67. The monoisotopic (exact) mass is 353 g/mol. The van der Waals surface area contributed by atoms with Crippen molar-refractivity contribution in [2.24, 2.45) is 0 Å². The summed E-state index contributed by atoms with van der Waals surface area (Å²) in [4.78, 5) is 34.6. The maximum absolute atomic E-state index is 12.4. The van der Waals surface area contributed by atoms with Crippen LogP contribution < -0.4 is 4.74 Å². The van der Waals surface area contributed by atoms with Crippen molar-refractivity contribution in [2.45, 2.75) is 38.7 Å². The van der Waals surface area contributed by atoms with Crippen molar-refractivity contribution in [3.63, 3.8) is 0 Å². The van der Waals surface area contributed by atoms with Gasteiger partial charge in [0.15, 0.2) is 5.78 Å². The van der Waals surface area contributed by atoms with Gasteiger partial charge >= 0.3 is 0 Å². The Balaban J connectivity index is 1.43. The third kappa shape index (κ3) is 4.88. The molecule has 1 aromatic heterocycles. The van der Waals surface area contributed by atoms with E-state index in [0.717, 1.165) is 12.8 Å². The molecule has 6 heteroatoms. The Bertz CT molecular complexity index is 756. The second-order valence-electron chi connectivity index (χ2n) is 6.43. The van der Waals surface area contributed by atoms with Crippen LogP contribution >= 0.6 is 0 Å². The molecule has 1 amide bonds. The minimum Gasteiger partial charge on any atom is -0.474 e. The lowest BCUT2D eigenvalue weighted by atomic mass is 10.0. The molecule has 2 heterocycles. The van der Waals surface area contributed by atoms with Gasteiger partial charge in [-0.1, -0.05) is 30.3 Å². The molecular weight excluding hydrogens is 330 g/mol. The molecule has 0 atom stereocenters. The standard InChI is InChI=1S/C20H23N3O3/c1-15-21-12-9-19(22-15)26-17-10-13-23(14-11-17)20(25)8-7-18(24)16-5-3-2-4-6-16/h2-6,9,12,17H,7-8,10-11,13-14H2,1H3. The van der Waals surface area contributed by atoms with Crippen molar-refractivity contribution >= 4 is 11.7 Å². The number of amides is 1. The van der Waals surface area contributed by atoms with Gasteiger partial charge in [0.25, 0.3) is 0 Å². The van der Waals surface area contributed by atoms with Crippen molar-refractivity contribution < 1.29 is 14.3 Å². The van der Waals surface area contributed by atoms with Crippen LogP contribution in [0.1, 0.15) is 41.9 Å². The summed E-state index contributed by atoms with van der Waals surface area (Å²) >= 11 is 0. The van der Waals surface area contributed by atoms with Crippen LogP contribution in [-0.2, 0) is 4.79 Å². The van der Waals surface area contributed by atoms with Crippen LogP contribution in [0.4, 0.5) is 0 Å². The third-order valence-electron chi connectivity index (χ3n) is 4.49. The Morgan fingerprint density at radius 2 is 1.85 bits per heavy atom. The molecule has 26 heavy (non-hydrogen) atoms. The topological polar surface area (TPSA) is 72.4 Å². The first kappa shape index (κ1) is 18.0. The van der Waals surface area contributed by atoms with Crippen LogP contribution in [0.15, 0.2) is 42.6 Å². The molecule has 0 radical (unpaired) electrons. The highest BCUT2D eigenvalue weighted by Crippen LogP contribution is 2.18. The number of ether oxygens (including phenoxy) is 1. The van der Waals surface area contributed by atoms with Crippen LogP contribution in [0.5, 0.6) is 5.88 Å². The minimum atomic E-state index is 0.0105. The first-order chi connectivity index (χ1) is 12.6. The fourth-order valence-electron chi connectivity index (χ4n) is 3.04. The van der Waals surface area contributed by atoms with Gasteiger partial charge in [-0.25, -0.2) is 4.98 Å². The molecule has 136 valence electrons. The third-order valence-corrected chi connectivity index (χ3v) is 4.49. The normalized spacial score (nSPS) is 14.9. The van der Waals surface area contributed by atoms with Crippen LogP contribution in [0, 0.1) is 6.92 Å². The van der Waals surface area contributed by atoms with E-state index < -0.39 is 0 Å². The molecule has 3 rings (SSSR count). The molecule has 1 fully saturated rings. The minimum absolute atomic E-state index is 0.0105. The number of piperidine rings is 1. The molecule has 0 saturated carbocycles. The van der Waals surface area contributed by atoms with E-state index in [0.29, 0.717) is 30.4 Å². The highest BCUT2D eigenvalue weighted by Gasteiger charge is 2.24. The Hall–Kier alpha value is -2.76. The molecule has 0 spiro atoms. The molecular formula is C20H23N3O3. The van der Waals surface area contributed by atoms with E-state index in [9.17, 15) is 9.59 Å². The molecule has 2 aromatic rings. The number of ketones is 1. The molecule has 0 aliphatic carbocycles. The maximum atomic E-state index is 12.4. The Labute approximate surface area is 153 Å². The summed E-state index contributed by atoms with van der Waals surface area (Å²) in [6.07, 6.45) is 3.77. The van der Waals surface area contributed by atoms with E-state index in [2.05, 4.69) is 9.97 Å². The molecule has 1 aliphatic heterocycles. The Morgan fingerprint density at radius 1 is 1.12 bits per heavy atom. The number of benzene rings is 1. The number of aromatic nitrogens is 2. The van der Waals surface area contributed by atoms with E-state index in [1.165, 1.54) is 0 Å². The smallest absolute Gasteiger partial charge is 0.223 e. The number of likely N-dealkylation sites (tertiary alicyclic amines) is 1. The maximum Gasteiger partial charge on any atom is 0.223 e. The number of carbonyl (C=O) groups excluding carboxylic acids is 2. The fraction of sp³-hybridized carbons (Fsp3) is 0.400. The van der Waals surface area contributed by atoms with Gasteiger partial charge in [-0.15, -0.1) is 0 Å². The van der Waals surface area contributed by atoms with E-state index >= 15 is 0 Å². The van der Waals surface area contributed by atoms with Crippen molar-refractivity contribution in [1.82, 2.24) is 14.9 Å². The summed E-state index contributed by atoms with van der Waals surface area (Å²) in [5.74, 6) is 1.30. The molecule has 6 nitrogen and oxygen atoms in total. The fourth-order valence-corrected chi connectivity index (χ4v) is 3.04. The summed E-state index contributed by atoms with van der Waals surface area (Å²) in [6, 6.07) is 10.9. The van der Waals surface area contributed by atoms with Gasteiger partial charge in [-0.2, -0.15) is 4.98 Å². The molecule has 0 N–H and O–H groups in total. The van der Waals surface area contributed by atoms with Crippen LogP contribution in [-0.4, -0.2) is 45.8 Å². The van der Waals surface area contributed by atoms with Crippen molar-refractivity contribution in [2.75, 3.05) is 13.1 Å². The Kier molecular flexibility index (Phi) is 5.94. The van der Waals surface area contributed by atoms with Gasteiger partial charge in [-0.05, 0) is 6.92 Å². The van der Waals surface area contributed by atoms with Gasteiger partial charge in [0.05, 0.1) is 0 Å². The van der Waals surface area contributed by atoms with Gasteiger partial charge in [-0.3, -0.25) is 9.59 Å². The highest BCUT2D eigenvalue weighted by molar-refractivity contribution is 5.97. The second-order valence-corrected chi connectivity index (χ2v) is 6.43. The summed E-state index contributed by atoms with van der Waals surface area (Å²) in [7, 11) is 0. The molecule has 1 aliphatic rings. The molecule has 1 saturated heterocycles. The highest BCUT2D eigenvalue weighted by atomic mass is 16.5. The summed E-state index contributed by atoms with van der Waals surface area (Å²) in [5, 5.41) is 0. The van der Waals surface area contributed by atoms with Crippen molar-refractivity contribution in [3.8, 4) is 5.88 Å². The van der Waals surface area contributed by atoms with Gasteiger partial charge in [0.2, 0.25) is 11.8 Å². The molecule has 0 bridgehead atoms. The predicted octanol–water partition coefficient (Wildman–Crippen LogP) is 2.82. The number of rotatable bonds is 6.